The topological polar surface area (TPSA) is 110 Å². The number of azo groups is 1. The number of aryl methyl sites for hydroxylation is 1. The summed E-state index contributed by atoms with van der Waals surface area (Å²) in [7, 11) is 4.59. The molecule has 4 aromatic rings. The first-order valence-electron chi connectivity index (χ1n) is 11.4. The molecule has 0 spiro atoms. The Bertz CT molecular complexity index is 1410. The van der Waals surface area contributed by atoms with E-state index in [1.54, 1.807) is 12.1 Å². The maximum atomic E-state index is 12.6. The second kappa shape index (κ2) is 10.8. The number of benzene rings is 3. The molecule has 0 fully saturated rings. The number of nitrogens with zero attached hydrogens (tertiary/aromatic N) is 2. The zero-order chi connectivity index (χ0) is 25.7. The van der Waals surface area contributed by atoms with E-state index in [4.69, 9.17) is 18.9 Å². The molecule has 9 heteroatoms. The molecular formula is C27H28N4O5. The Morgan fingerprint density at radius 2 is 1.50 bits per heavy atom. The summed E-state index contributed by atoms with van der Waals surface area (Å²) in [5, 5.41) is 14.1. The lowest BCUT2D eigenvalue weighted by molar-refractivity contribution is 0.324. The zero-order valence-corrected chi connectivity index (χ0v) is 20.8. The summed E-state index contributed by atoms with van der Waals surface area (Å²) in [6.45, 7) is 4.60. The van der Waals surface area contributed by atoms with E-state index in [9.17, 15) is 4.79 Å². The Kier molecular flexibility index (Phi) is 7.39. The van der Waals surface area contributed by atoms with Crippen LogP contribution in [-0.2, 0) is 0 Å². The average molecular weight is 489 g/mol. The summed E-state index contributed by atoms with van der Waals surface area (Å²) in [5.74, 6) is 2.18. The predicted molar refractivity (Wildman–Crippen MR) is 138 cm³/mol. The summed E-state index contributed by atoms with van der Waals surface area (Å²) in [6, 6.07) is 17.1. The number of hydrogen-bond acceptors (Lipinski definition) is 7. The lowest BCUT2D eigenvalue weighted by Gasteiger charge is -2.13. The minimum absolute atomic E-state index is 0.132. The van der Waals surface area contributed by atoms with Crippen LogP contribution in [-0.4, -0.2) is 38.1 Å². The summed E-state index contributed by atoms with van der Waals surface area (Å²) in [4.78, 5) is 12.6. The van der Waals surface area contributed by atoms with E-state index in [2.05, 4.69) is 20.4 Å². The fourth-order valence-corrected chi connectivity index (χ4v) is 3.87. The third-order valence-electron chi connectivity index (χ3n) is 5.67. The Morgan fingerprint density at radius 1 is 0.806 bits per heavy atom. The van der Waals surface area contributed by atoms with Crippen LogP contribution in [0.2, 0.25) is 0 Å². The fraction of sp³-hybridized carbons (Fsp3) is 0.222. The van der Waals surface area contributed by atoms with Crippen LogP contribution >= 0.6 is 0 Å². The maximum absolute atomic E-state index is 12.6. The summed E-state index contributed by atoms with van der Waals surface area (Å²) >= 11 is 0. The van der Waals surface area contributed by atoms with Crippen LogP contribution < -0.4 is 24.5 Å². The second-order valence-corrected chi connectivity index (χ2v) is 7.87. The Morgan fingerprint density at radius 3 is 2.11 bits per heavy atom. The van der Waals surface area contributed by atoms with E-state index >= 15 is 0 Å². The Labute approximate surface area is 208 Å². The van der Waals surface area contributed by atoms with E-state index in [0.29, 0.717) is 40.8 Å². The fourth-order valence-electron chi connectivity index (χ4n) is 3.87. The van der Waals surface area contributed by atoms with Gasteiger partial charge in [-0.25, -0.2) is 0 Å². The minimum atomic E-state index is -0.402. The number of rotatable bonds is 9. The van der Waals surface area contributed by atoms with Gasteiger partial charge in [-0.2, -0.15) is 5.11 Å². The van der Waals surface area contributed by atoms with Crippen molar-refractivity contribution in [1.29, 1.82) is 0 Å². The van der Waals surface area contributed by atoms with Gasteiger partial charge in [0.05, 0.1) is 39.3 Å². The van der Waals surface area contributed by atoms with Crippen LogP contribution in [0, 0.1) is 6.92 Å². The number of nitrogens with one attached hydrogen (secondary N) is 2. The van der Waals surface area contributed by atoms with Gasteiger partial charge in [0, 0.05) is 5.56 Å². The van der Waals surface area contributed by atoms with Crippen LogP contribution in [0.1, 0.15) is 12.5 Å². The lowest BCUT2D eigenvalue weighted by atomic mass is 10.00. The first kappa shape index (κ1) is 24.6. The monoisotopic (exact) mass is 488 g/mol. The zero-order valence-electron chi connectivity index (χ0n) is 20.8. The van der Waals surface area contributed by atoms with Gasteiger partial charge in [-0.05, 0) is 66.9 Å². The van der Waals surface area contributed by atoms with Crippen molar-refractivity contribution in [1.82, 2.24) is 10.2 Å². The highest BCUT2D eigenvalue weighted by Gasteiger charge is 2.18. The highest BCUT2D eigenvalue weighted by atomic mass is 16.5. The van der Waals surface area contributed by atoms with Crippen LogP contribution in [0.15, 0.2) is 69.6 Å². The van der Waals surface area contributed by atoms with E-state index in [-0.39, 0.29) is 5.69 Å². The number of H-pyrrole nitrogens is 2. The van der Waals surface area contributed by atoms with Gasteiger partial charge in [-0.1, -0.05) is 18.2 Å². The molecule has 36 heavy (non-hydrogen) atoms. The predicted octanol–water partition coefficient (Wildman–Crippen LogP) is 6.19. The Hall–Kier alpha value is -4.53. The normalized spacial score (nSPS) is 11.0. The number of hydrogen-bond donors (Lipinski definition) is 2. The summed E-state index contributed by atoms with van der Waals surface area (Å²) in [6.07, 6.45) is 0. The molecule has 186 valence electrons. The maximum Gasteiger partial charge on any atom is 0.292 e. The van der Waals surface area contributed by atoms with Gasteiger partial charge in [0.25, 0.3) is 5.56 Å². The van der Waals surface area contributed by atoms with Gasteiger partial charge in [0.2, 0.25) is 5.75 Å². The van der Waals surface area contributed by atoms with Crippen LogP contribution in [0.25, 0.3) is 22.4 Å². The molecule has 0 amide bonds. The summed E-state index contributed by atoms with van der Waals surface area (Å²) in [5.41, 5.74) is 4.55. The molecule has 0 bridgehead atoms. The third kappa shape index (κ3) is 4.95. The molecule has 9 nitrogen and oxygen atoms in total. The van der Waals surface area contributed by atoms with Gasteiger partial charge in [-0.15, -0.1) is 5.11 Å². The molecule has 1 heterocycles. The SMILES string of the molecule is CCOc1ccc(-c2cc(N=Nc3c(-c4cc(OC)c(OC)c(OC)c4)[nH][nH]c3=O)ccc2C)cc1. The van der Waals surface area contributed by atoms with Crippen molar-refractivity contribution >= 4 is 11.4 Å². The highest BCUT2D eigenvalue weighted by molar-refractivity contribution is 5.76. The number of ether oxygens (including phenoxy) is 4. The van der Waals surface area contributed by atoms with Gasteiger partial charge in [0.15, 0.2) is 17.2 Å². The van der Waals surface area contributed by atoms with E-state index < -0.39 is 5.56 Å². The molecule has 0 unspecified atom stereocenters. The third-order valence-corrected chi connectivity index (χ3v) is 5.67. The molecule has 0 aliphatic heterocycles. The van der Waals surface area contributed by atoms with Crippen molar-refractivity contribution in [3.8, 4) is 45.4 Å². The van der Waals surface area contributed by atoms with E-state index in [0.717, 1.165) is 22.4 Å². The summed E-state index contributed by atoms with van der Waals surface area (Å²) < 4.78 is 21.8. The molecule has 1 aromatic heterocycles. The van der Waals surface area contributed by atoms with Crippen molar-refractivity contribution in [2.24, 2.45) is 10.2 Å². The first-order chi connectivity index (χ1) is 17.5. The van der Waals surface area contributed by atoms with Crippen LogP contribution in [0.4, 0.5) is 11.4 Å². The first-order valence-corrected chi connectivity index (χ1v) is 11.4. The molecule has 0 radical (unpaired) electrons. The molecule has 0 saturated heterocycles. The highest BCUT2D eigenvalue weighted by Crippen LogP contribution is 2.42. The average Bonchev–Trinajstić information content (AvgIpc) is 3.28. The van der Waals surface area contributed by atoms with Crippen molar-refractivity contribution in [3.63, 3.8) is 0 Å². The van der Waals surface area contributed by atoms with Gasteiger partial charge >= 0.3 is 0 Å². The minimum Gasteiger partial charge on any atom is -0.494 e. The smallest absolute Gasteiger partial charge is 0.292 e. The van der Waals surface area contributed by atoms with Crippen LogP contribution in [0.3, 0.4) is 0 Å². The van der Waals surface area contributed by atoms with Gasteiger partial charge < -0.3 is 18.9 Å². The molecule has 3 aromatic carbocycles. The van der Waals surface area contributed by atoms with E-state index in [1.165, 1.54) is 21.3 Å². The standard InChI is InChI=1S/C27H28N4O5/c1-6-36-20-11-8-17(9-12-20)21-15-19(10-7-16(21)2)28-30-25-24(29-31-27(25)32)18-13-22(33-3)26(35-5)23(14-18)34-4/h7-15H,6H2,1-5H3,(H2,29,31,32). The van der Waals surface area contributed by atoms with Crippen molar-refractivity contribution in [3.05, 3.63) is 70.5 Å². The molecule has 0 saturated carbocycles. The quantitative estimate of drug-likeness (QED) is 0.273. The molecular weight excluding hydrogens is 460 g/mol. The molecule has 0 aliphatic rings. The second-order valence-electron chi connectivity index (χ2n) is 7.87. The van der Waals surface area contributed by atoms with Crippen molar-refractivity contribution in [2.75, 3.05) is 27.9 Å². The van der Waals surface area contributed by atoms with E-state index in [1.807, 2.05) is 56.3 Å². The van der Waals surface area contributed by atoms with Crippen molar-refractivity contribution < 1.29 is 18.9 Å². The van der Waals surface area contributed by atoms with Gasteiger partial charge in [0.1, 0.15) is 5.75 Å². The molecule has 2 N–H and O–H groups in total. The van der Waals surface area contributed by atoms with Crippen molar-refractivity contribution in [2.45, 2.75) is 13.8 Å². The number of aromatic amines is 2. The van der Waals surface area contributed by atoms with Crippen LogP contribution in [0.5, 0.6) is 23.0 Å². The van der Waals surface area contributed by atoms with Gasteiger partial charge in [-0.3, -0.25) is 15.0 Å². The lowest BCUT2D eigenvalue weighted by Crippen LogP contribution is -1.97. The number of methoxy groups -OCH3 is 3. The largest absolute Gasteiger partial charge is 0.494 e. The number of aromatic nitrogens is 2. The molecule has 0 aliphatic carbocycles. The molecule has 4 rings (SSSR count). The Balaban J connectivity index is 1.70. The molecule has 0 atom stereocenters.